The van der Waals surface area contributed by atoms with Gasteiger partial charge in [0.2, 0.25) is 0 Å². The summed E-state index contributed by atoms with van der Waals surface area (Å²) in [5, 5.41) is 4.07. The van der Waals surface area contributed by atoms with Gasteiger partial charge in [-0.15, -0.1) is 0 Å². The summed E-state index contributed by atoms with van der Waals surface area (Å²) in [5.74, 6) is -0.671. The third kappa shape index (κ3) is 3.86. The van der Waals surface area contributed by atoms with Crippen LogP contribution in [-0.4, -0.2) is 31.9 Å². The van der Waals surface area contributed by atoms with E-state index in [1.165, 1.54) is 24.4 Å². The molecule has 2 aromatic carbocycles. The molecule has 0 aliphatic carbocycles. The number of halogens is 3. The van der Waals surface area contributed by atoms with Gasteiger partial charge in [-0.2, -0.15) is 5.10 Å². The molecular formula is C25H21F3N4O. The Balaban J connectivity index is 1.58. The monoisotopic (exact) mass is 450 g/mol. The standard InChI is InChI=1S/C25H21F3N4O/c1-15-4-6-16(7-5-15)20-13-22(23(27)28)32-24(30-20)19(14-29-32)25(33)31-12-2-3-21(31)17-8-10-18(26)11-9-17/h4-11,13-14,21,23H,2-3,12H2,1H3. The largest absolute Gasteiger partial charge is 0.331 e. The van der Waals surface area contributed by atoms with Crippen LogP contribution >= 0.6 is 0 Å². The second-order valence-corrected chi connectivity index (χ2v) is 8.23. The van der Waals surface area contributed by atoms with Crippen LogP contribution in [0.4, 0.5) is 13.2 Å². The third-order valence-corrected chi connectivity index (χ3v) is 6.07. The van der Waals surface area contributed by atoms with E-state index in [2.05, 4.69) is 10.1 Å². The molecule has 4 aromatic rings. The summed E-state index contributed by atoms with van der Waals surface area (Å²) in [4.78, 5) is 19.8. The molecule has 8 heteroatoms. The Morgan fingerprint density at radius 1 is 1.09 bits per heavy atom. The van der Waals surface area contributed by atoms with Gasteiger partial charge in [-0.1, -0.05) is 42.0 Å². The molecule has 1 unspecified atom stereocenters. The molecule has 0 spiro atoms. The lowest BCUT2D eigenvalue weighted by Crippen LogP contribution is -2.30. The summed E-state index contributed by atoms with van der Waals surface area (Å²) in [6.07, 6.45) is 0.0367. The Morgan fingerprint density at radius 2 is 1.82 bits per heavy atom. The minimum absolute atomic E-state index is 0.0955. The van der Waals surface area contributed by atoms with Crippen molar-refractivity contribution < 1.29 is 18.0 Å². The summed E-state index contributed by atoms with van der Waals surface area (Å²) in [7, 11) is 0. The van der Waals surface area contributed by atoms with Crippen molar-refractivity contribution >= 4 is 11.6 Å². The van der Waals surface area contributed by atoms with Crippen molar-refractivity contribution in [1.29, 1.82) is 0 Å². The SMILES string of the molecule is Cc1ccc(-c2cc(C(F)F)n3ncc(C(=O)N4CCCC4c4ccc(F)cc4)c3n2)cc1. The van der Waals surface area contributed by atoms with Crippen LogP contribution < -0.4 is 0 Å². The molecule has 1 aliphatic rings. The smallest absolute Gasteiger partial charge is 0.280 e. The zero-order chi connectivity index (χ0) is 23.1. The van der Waals surface area contributed by atoms with Crippen molar-refractivity contribution in [3.05, 3.63) is 89.0 Å². The Hall–Kier alpha value is -3.68. The van der Waals surface area contributed by atoms with Gasteiger partial charge >= 0.3 is 0 Å². The van der Waals surface area contributed by atoms with Crippen molar-refractivity contribution in [3.63, 3.8) is 0 Å². The first-order valence-electron chi connectivity index (χ1n) is 10.7. The van der Waals surface area contributed by atoms with Crippen molar-refractivity contribution in [3.8, 4) is 11.3 Å². The van der Waals surface area contributed by atoms with Gasteiger partial charge < -0.3 is 4.90 Å². The van der Waals surface area contributed by atoms with Crippen LogP contribution in [0.1, 0.15) is 52.5 Å². The summed E-state index contributed by atoms with van der Waals surface area (Å²) in [6.45, 7) is 2.45. The van der Waals surface area contributed by atoms with E-state index in [1.807, 2.05) is 31.2 Å². The van der Waals surface area contributed by atoms with E-state index in [1.54, 1.807) is 17.0 Å². The van der Waals surface area contributed by atoms with Crippen LogP contribution in [-0.2, 0) is 0 Å². The predicted molar refractivity (Wildman–Crippen MR) is 118 cm³/mol. The van der Waals surface area contributed by atoms with E-state index in [4.69, 9.17) is 0 Å². The topological polar surface area (TPSA) is 50.5 Å². The Labute approximate surface area is 188 Å². The van der Waals surface area contributed by atoms with Crippen molar-refractivity contribution in [2.24, 2.45) is 0 Å². The number of hydrogen-bond donors (Lipinski definition) is 0. The Kier molecular flexibility index (Phi) is 5.36. The molecule has 3 heterocycles. The van der Waals surface area contributed by atoms with Gasteiger partial charge in [-0.25, -0.2) is 22.7 Å². The molecule has 1 atom stereocenters. The number of likely N-dealkylation sites (tertiary alicyclic amines) is 1. The number of carbonyl (C=O) groups is 1. The maximum absolute atomic E-state index is 13.9. The predicted octanol–water partition coefficient (Wildman–Crippen LogP) is 5.76. The number of hydrogen-bond acceptors (Lipinski definition) is 3. The van der Waals surface area contributed by atoms with Gasteiger partial charge in [0.15, 0.2) is 5.65 Å². The van der Waals surface area contributed by atoms with E-state index in [9.17, 15) is 18.0 Å². The molecule has 0 saturated carbocycles. The highest BCUT2D eigenvalue weighted by Gasteiger charge is 2.33. The molecule has 0 N–H and O–H groups in total. The Bertz CT molecular complexity index is 1320. The first-order valence-corrected chi connectivity index (χ1v) is 10.7. The molecular weight excluding hydrogens is 429 g/mol. The maximum Gasteiger partial charge on any atom is 0.280 e. The zero-order valence-corrected chi connectivity index (χ0v) is 17.9. The fourth-order valence-corrected chi connectivity index (χ4v) is 4.36. The summed E-state index contributed by atoms with van der Waals surface area (Å²) in [5.41, 5.74) is 2.83. The maximum atomic E-state index is 13.9. The van der Waals surface area contributed by atoms with Crippen LogP contribution in [0, 0.1) is 12.7 Å². The number of aromatic nitrogens is 3. The molecule has 0 radical (unpaired) electrons. The van der Waals surface area contributed by atoms with Gasteiger partial charge in [-0.3, -0.25) is 4.79 Å². The first-order chi connectivity index (χ1) is 15.9. The highest BCUT2D eigenvalue weighted by Crippen LogP contribution is 2.34. The highest BCUT2D eigenvalue weighted by atomic mass is 19.3. The van der Waals surface area contributed by atoms with Crippen LogP contribution in [0.2, 0.25) is 0 Å². The molecule has 0 bridgehead atoms. The number of aryl methyl sites for hydroxylation is 1. The van der Waals surface area contributed by atoms with Gasteiger partial charge in [0, 0.05) is 12.1 Å². The number of amides is 1. The van der Waals surface area contributed by atoms with E-state index < -0.39 is 6.43 Å². The first kappa shape index (κ1) is 21.2. The quantitative estimate of drug-likeness (QED) is 0.397. The number of fused-ring (bicyclic) bond motifs is 1. The van der Waals surface area contributed by atoms with Crippen molar-refractivity contribution in [1.82, 2.24) is 19.5 Å². The van der Waals surface area contributed by atoms with Gasteiger partial charge in [0.25, 0.3) is 12.3 Å². The fourth-order valence-electron chi connectivity index (χ4n) is 4.36. The second kappa shape index (κ2) is 8.35. The van der Waals surface area contributed by atoms with Gasteiger partial charge in [0.1, 0.15) is 17.1 Å². The molecule has 1 amide bonds. The molecule has 5 nitrogen and oxygen atoms in total. The molecule has 33 heavy (non-hydrogen) atoms. The molecule has 5 rings (SSSR count). The number of carbonyl (C=O) groups excluding carboxylic acids is 1. The lowest BCUT2D eigenvalue weighted by atomic mass is 10.0. The van der Waals surface area contributed by atoms with Gasteiger partial charge in [0.05, 0.1) is 17.9 Å². The third-order valence-electron chi connectivity index (χ3n) is 6.07. The zero-order valence-electron chi connectivity index (χ0n) is 17.9. The van der Waals surface area contributed by atoms with E-state index in [0.29, 0.717) is 17.8 Å². The van der Waals surface area contributed by atoms with Crippen LogP contribution in [0.3, 0.4) is 0 Å². The molecule has 1 aliphatic heterocycles. The van der Waals surface area contributed by atoms with Crippen molar-refractivity contribution in [2.45, 2.75) is 32.2 Å². The lowest BCUT2D eigenvalue weighted by Gasteiger charge is -2.24. The number of rotatable bonds is 4. The molecule has 168 valence electrons. The van der Waals surface area contributed by atoms with E-state index in [0.717, 1.165) is 28.5 Å². The molecule has 2 aromatic heterocycles. The lowest BCUT2D eigenvalue weighted by molar-refractivity contribution is 0.0737. The minimum Gasteiger partial charge on any atom is -0.331 e. The highest BCUT2D eigenvalue weighted by molar-refractivity contribution is 6.00. The summed E-state index contributed by atoms with van der Waals surface area (Å²) in [6, 6.07) is 14.6. The molecule has 1 fully saturated rings. The second-order valence-electron chi connectivity index (χ2n) is 8.23. The van der Waals surface area contributed by atoms with Gasteiger partial charge in [-0.05, 0) is 43.5 Å². The number of benzene rings is 2. The van der Waals surface area contributed by atoms with E-state index in [-0.39, 0.29) is 34.7 Å². The average molecular weight is 450 g/mol. The molecule has 1 saturated heterocycles. The normalized spacial score (nSPS) is 16.2. The number of alkyl halides is 2. The minimum atomic E-state index is -2.79. The average Bonchev–Trinajstić information content (AvgIpc) is 3.46. The fraction of sp³-hybridized carbons (Fsp3) is 0.240. The Morgan fingerprint density at radius 3 is 2.52 bits per heavy atom. The van der Waals surface area contributed by atoms with Crippen LogP contribution in [0.15, 0.2) is 60.8 Å². The van der Waals surface area contributed by atoms with Crippen molar-refractivity contribution in [2.75, 3.05) is 6.54 Å². The van der Waals surface area contributed by atoms with Crippen LogP contribution in [0.5, 0.6) is 0 Å². The number of nitrogens with zero attached hydrogens (tertiary/aromatic N) is 4. The summed E-state index contributed by atoms with van der Waals surface area (Å²) < 4.78 is 42.1. The van der Waals surface area contributed by atoms with Crippen LogP contribution in [0.25, 0.3) is 16.9 Å². The summed E-state index contributed by atoms with van der Waals surface area (Å²) >= 11 is 0. The van der Waals surface area contributed by atoms with E-state index >= 15 is 0 Å².